The van der Waals surface area contributed by atoms with Gasteiger partial charge in [0.1, 0.15) is 28.9 Å². The molecular formula is C22H15NO4. The van der Waals surface area contributed by atoms with Crippen molar-refractivity contribution in [2.45, 2.75) is 0 Å². The summed E-state index contributed by atoms with van der Waals surface area (Å²) in [6.07, 6.45) is 1.19. The maximum Gasteiger partial charge on any atom is 0.262 e. The fourth-order valence-electron chi connectivity index (χ4n) is 2.66. The van der Waals surface area contributed by atoms with E-state index in [4.69, 9.17) is 9.15 Å². The van der Waals surface area contributed by atoms with Gasteiger partial charge in [0.15, 0.2) is 0 Å². The minimum atomic E-state index is -0.522. The highest BCUT2D eigenvalue weighted by molar-refractivity contribution is 6.05. The van der Waals surface area contributed by atoms with Crippen molar-refractivity contribution >= 4 is 22.6 Å². The van der Waals surface area contributed by atoms with E-state index < -0.39 is 5.91 Å². The molecule has 5 heteroatoms. The Morgan fingerprint density at radius 3 is 2.26 bits per heavy atom. The van der Waals surface area contributed by atoms with Crippen LogP contribution in [0.4, 0.5) is 5.69 Å². The van der Waals surface area contributed by atoms with Gasteiger partial charge in [-0.2, -0.15) is 0 Å². The molecule has 0 aliphatic rings. The fraction of sp³-hybridized carbons (Fsp3) is 0. The zero-order valence-corrected chi connectivity index (χ0v) is 14.2. The summed E-state index contributed by atoms with van der Waals surface area (Å²) in [6.45, 7) is 0. The third kappa shape index (κ3) is 3.57. The molecule has 0 aliphatic heterocycles. The average molecular weight is 357 g/mol. The number of anilines is 1. The number of nitrogens with one attached hydrogen (secondary N) is 1. The molecule has 0 radical (unpaired) electrons. The molecule has 0 saturated carbocycles. The van der Waals surface area contributed by atoms with Crippen molar-refractivity contribution in [2.75, 3.05) is 5.32 Å². The fourth-order valence-corrected chi connectivity index (χ4v) is 2.66. The average Bonchev–Trinajstić information content (AvgIpc) is 2.71. The molecular weight excluding hydrogens is 342 g/mol. The summed E-state index contributed by atoms with van der Waals surface area (Å²) >= 11 is 0. The summed E-state index contributed by atoms with van der Waals surface area (Å²) < 4.78 is 11.1. The van der Waals surface area contributed by atoms with Crippen LogP contribution in [-0.2, 0) is 0 Å². The third-order valence-corrected chi connectivity index (χ3v) is 4.02. The molecule has 0 unspecified atom stereocenters. The van der Waals surface area contributed by atoms with Crippen LogP contribution >= 0.6 is 0 Å². The van der Waals surface area contributed by atoms with E-state index in [0.717, 1.165) is 5.75 Å². The lowest BCUT2D eigenvalue weighted by molar-refractivity contribution is 0.102. The minimum Gasteiger partial charge on any atom is -0.463 e. The predicted molar refractivity (Wildman–Crippen MR) is 103 cm³/mol. The molecule has 0 bridgehead atoms. The van der Waals surface area contributed by atoms with Gasteiger partial charge in [-0.1, -0.05) is 30.3 Å². The van der Waals surface area contributed by atoms with E-state index in [0.29, 0.717) is 22.4 Å². The molecule has 0 saturated heterocycles. The van der Waals surface area contributed by atoms with E-state index in [2.05, 4.69) is 5.32 Å². The highest BCUT2D eigenvalue weighted by Gasteiger charge is 2.14. The van der Waals surface area contributed by atoms with Crippen LogP contribution < -0.4 is 15.5 Å². The van der Waals surface area contributed by atoms with Crippen LogP contribution in [0.3, 0.4) is 0 Å². The molecule has 0 atom stereocenters. The molecule has 1 N–H and O–H groups in total. The standard InChI is InChI=1S/C22H15NO4/c24-21-18-8-4-5-9-20(18)26-14-19(21)22(25)23-15-10-12-17(13-11-15)27-16-6-2-1-3-7-16/h1-14H,(H,23,25). The normalized spacial score (nSPS) is 10.5. The molecule has 4 aromatic rings. The molecule has 0 fully saturated rings. The number of amides is 1. The smallest absolute Gasteiger partial charge is 0.262 e. The Kier molecular flexibility index (Phi) is 4.41. The molecule has 27 heavy (non-hydrogen) atoms. The van der Waals surface area contributed by atoms with Crippen molar-refractivity contribution in [1.29, 1.82) is 0 Å². The van der Waals surface area contributed by atoms with E-state index >= 15 is 0 Å². The summed E-state index contributed by atoms with van der Waals surface area (Å²) in [7, 11) is 0. The van der Waals surface area contributed by atoms with Gasteiger partial charge in [0.05, 0.1) is 5.39 Å². The second-order valence-electron chi connectivity index (χ2n) is 5.87. The van der Waals surface area contributed by atoms with Crippen LogP contribution in [0.1, 0.15) is 10.4 Å². The zero-order chi connectivity index (χ0) is 18.6. The highest BCUT2D eigenvalue weighted by atomic mass is 16.5. The minimum absolute atomic E-state index is 0.0432. The van der Waals surface area contributed by atoms with Crippen LogP contribution in [0, 0.1) is 0 Å². The summed E-state index contributed by atoms with van der Waals surface area (Å²) in [5, 5.41) is 3.07. The van der Waals surface area contributed by atoms with E-state index in [9.17, 15) is 9.59 Å². The first-order valence-electron chi connectivity index (χ1n) is 8.35. The van der Waals surface area contributed by atoms with Gasteiger partial charge < -0.3 is 14.5 Å². The Morgan fingerprint density at radius 2 is 1.48 bits per heavy atom. The first-order valence-corrected chi connectivity index (χ1v) is 8.35. The van der Waals surface area contributed by atoms with Gasteiger partial charge in [0.2, 0.25) is 5.43 Å². The van der Waals surface area contributed by atoms with Crippen molar-refractivity contribution in [3.63, 3.8) is 0 Å². The molecule has 0 spiro atoms. The van der Waals surface area contributed by atoms with Gasteiger partial charge >= 0.3 is 0 Å². The molecule has 1 aromatic heterocycles. The Balaban J connectivity index is 1.51. The summed E-state index contributed by atoms with van der Waals surface area (Å²) in [6, 6.07) is 23.1. The molecule has 3 aromatic carbocycles. The first-order chi connectivity index (χ1) is 13.2. The van der Waals surface area contributed by atoms with E-state index in [1.54, 1.807) is 48.5 Å². The quantitative estimate of drug-likeness (QED) is 0.567. The summed E-state index contributed by atoms with van der Waals surface area (Å²) in [4.78, 5) is 24.9. The lowest BCUT2D eigenvalue weighted by Crippen LogP contribution is -2.21. The number of rotatable bonds is 4. The number of hydrogen-bond donors (Lipinski definition) is 1. The Bertz CT molecular complexity index is 1150. The maximum atomic E-state index is 12.5. The van der Waals surface area contributed by atoms with Gasteiger partial charge in [0.25, 0.3) is 5.91 Å². The number of para-hydroxylation sites is 2. The van der Waals surface area contributed by atoms with Crippen molar-refractivity contribution < 1.29 is 13.9 Å². The van der Waals surface area contributed by atoms with Crippen molar-refractivity contribution in [3.05, 3.63) is 101 Å². The van der Waals surface area contributed by atoms with E-state index in [1.807, 2.05) is 30.3 Å². The van der Waals surface area contributed by atoms with Crippen LogP contribution in [-0.4, -0.2) is 5.91 Å². The lowest BCUT2D eigenvalue weighted by atomic mass is 10.1. The van der Waals surface area contributed by atoms with Gasteiger partial charge in [0, 0.05) is 5.69 Å². The topological polar surface area (TPSA) is 68.5 Å². The van der Waals surface area contributed by atoms with Gasteiger partial charge in [-0.15, -0.1) is 0 Å². The number of hydrogen-bond acceptors (Lipinski definition) is 4. The molecule has 4 rings (SSSR count). The molecule has 0 aliphatic carbocycles. The predicted octanol–water partition coefficient (Wildman–Crippen LogP) is 4.84. The number of benzene rings is 3. The summed E-state index contributed by atoms with van der Waals surface area (Å²) in [5.74, 6) is 0.846. The SMILES string of the molecule is O=C(Nc1ccc(Oc2ccccc2)cc1)c1coc2ccccc2c1=O. The largest absolute Gasteiger partial charge is 0.463 e. The Labute approximate surface area is 154 Å². The lowest BCUT2D eigenvalue weighted by Gasteiger charge is -2.08. The zero-order valence-electron chi connectivity index (χ0n) is 14.2. The van der Waals surface area contributed by atoms with Crippen LogP contribution in [0.15, 0.2) is 94.3 Å². The van der Waals surface area contributed by atoms with Crippen LogP contribution in [0.5, 0.6) is 11.5 Å². The van der Waals surface area contributed by atoms with Gasteiger partial charge in [-0.3, -0.25) is 9.59 Å². The van der Waals surface area contributed by atoms with Crippen LogP contribution in [0.2, 0.25) is 0 Å². The van der Waals surface area contributed by atoms with Gasteiger partial charge in [-0.05, 0) is 48.5 Å². The van der Waals surface area contributed by atoms with Crippen molar-refractivity contribution in [3.8, 4) is 11.5 Å². The van der Waals surface area contributed by atoms with Gasteiger partial charge in [-0.25, -0.2) is 0 Å². The number of fused-ring (bicyclic) bond motifs is 1. The third-order valence-electron chi connectivity index (χ3n) is 4.02. The first kappa shape index (κ1) is 16.6. The number of ether oxygens (including phenoxy) is 1. The van der Waals surface area contributed by atoms with E-state index in [-0.39, 0.29) is 11.0 Å². The van der Waals surface area contributed by atoms with Crippen molar-refractivity contribution in [2.24, 2.45) is 0 Å². The monoisotopic (exact) mass is 357 g/mol. The molecule has 5 nitrogen and oxygen atoms in total. The van der Waals surface area contributed by atoms with E-state index in [1.165, 1.54) is 6.26 Å². The number of carbonyl (C=O) groups excluding carboxylic acids is 1. The molecule has 1 amide bonds. The molecule has 1 heterocycles. The molecule has 132 valence electrons. The maximum absolute atomic E-state index is 12.5. The summed E-state index contributed by atoms with van der Waals surface area (Å²) in [5.41, 5.74) is 0.589. The van der Waals surface area contributed by atoms with Crippen molar-refractivity contribution in [1.82, 2.24) is 0 Å². The highest BCUT2D eigenvalue weighted by Crippen LogP contribution is 2.23. The number of carbonyl (C=O) groups is 1. The Hall–Kier alpha value is -3.86. The second-order valence-corrected chi connectivity index (χ2v) is 5.87. The Morgan fingerprint density at radius 1 is 0.815 bits per heavy atom. The van der Waals surface area contributed by atoms with Crippen LogP contribution in [0.25, 0.3) is 11.0 Å². The second kappa shape index (κ2) is 7.17.